The number of nitro groups is 1. The lowest BCUT2D eigenvalue weighted by molar-refractivity contribution is -0.388. The summed E-state index contributed by atoms with van der Waals surface area (Å²) in [5.74, 6) is -8.13. The van der Waals surface area contributed by atoms with Crippen molar-refractivity contribution in [3.8, 4) is 0 Å². The van der Waals surface area contributed by atoms with Gasteiger partial charge in [0.25, 0.3) is 5.69 Å². The van der Waals surface area contributed by atoms with Gasteiger partial charge in [0, 0.05) is 24.4 Å². The number of carbonyl (C=O) groups is 2. The zero-order chi connectivity index (χ0) is 27.5. The SMILES string of the molecule is CC(=O)Nc1ccc(NC(=O)CSc2ccc(S(=O)C(F)(F)C(F)(F)C(F)(F)F)cc2[N+](=O)[O-])cc1. The first-order valence-corrected chi connectivity index (χ1v) is 11.4. The molecular formula is C19H14F7N3O5S2. The fourth-order valence-corrected chi connectivity index (χ4v) is 4.35. The van der Waals surface area contributed by atoms with Crippen LogP contribution in [0.2, 0.25) is 0 Å². The molecule has 2 aromatic rings. The number of nitro benzene ring substituents is 1. The van der Waals surface area contributed by atoms with Crippen LogP contribution in [-0.4, -0.2) is 44.1 Å². The van der Waals surface area contributed by atoms with E-state index in [0.717, 1.165) is 0 Å². The number of thioether (sulfide) groups is 1. The van der Waals surface area contributed by atoms with Gasteiger partial charge in [0.1, 0.15) is 10.8 Å². The molecule has 0 spiro atoms. The van der Waals surface area contributed by atoms with Crippen molar-refractivity contribution in [2.45, 2.75) is 34.1 Å². The topological polar surface area (TPSA) is 118 Å². The quantitative estimate of drug-likeness (QED) is 0.189. The van der Waals surface area contributed by atoms with Gasteiger partial charge in [-0.1, -0.05) is 0 Å². The molecule has 0 fully saturated rings. The summed E-state index contributed by atoms with van der Waals surface area (Å²) in [7, 11) is -4.31. The summed E-state index contributed by atoms with van der Waals surface area (Å²) < 4.78 is 103. The number of alkyl halides is 7. The Morgan fingerprint density at radius 1 is 0.972 bits per heavy atom. The molecule has 17 heteroatoms. The van der Waals surface area contributed by atoms with E-state index in [1.807, 2.05) is 0 Å². The van der Waals surface area contributed by atoms with Crippen molar-refractivity contribution in [3.63, 3.8) is 0 Å². The summed E-state index contributed by atoms with van der Waals surface area (Å²) in [6, 6.07) is 7.18. The molecule has 2 rings (SSSR count). The van der Waals surface area contributed by atoms with Gasteiger partial charge < -0.3 is 10.6 Å². The second-order valence-electron chi connectivity index (χ2n) is 6.84. The van der Waals surface area contributed by atoms with Gasteiger partial charge in [-0.3, -0.25) is 19.7 Å². The molecule has 0 aliphatic rings. The zero-order valence-corrected chi connectivity index (χ0v) is 19.3. The summed E-state index contributed by atoms with van der Waals surface area (Å²) in [4.78, 5) is 31.6. The Morgan fingerprint density at radius 3 is 1.97 bits per heavy atom. The van der Waals surface area contributed by atoms with Crippen molar-refractivity contribution < 1.29 is 49.5 Å². The second kappa shape index (κ2) is 10.8. The maximum atomic E-state index is 13.7. The van der Waals surface area contributed by atoms with Crippen LogP contribution < -0.4 is 10.6 Å². The van der Waals surface area contributed by atoms with E-state index in [1.165, 1.54) is 31.2 Å². The van der Waals surface area contributed by atoms with E-state index in [-0.39, 0.29) is 16.9 Å². The summed E-state index contributed by atoms with van der Waals surface area (Å²) in [6.07, 6.45) is -6.73. The molecule has 0 aliphatic heterocycles. The van der Waals surface area contributed by atoms with Gasteiger partial charge in [-0.15, -0.1) is 11.8 Å². The Hall–Kier alpha value is -3.21. The number of amides is 2. The van der Waals surface area contributed by atoms with E-state index in [9.17, 15) is 54.6 Å². The Morgan fingerprint density at radius 2 is 1.50 bits per heavy atom. The maximum absolute atomic E-state index is 13.7. The van der Waals surface area contributed by atoms with E-state index in [4.69, 9.17) is 0 Å². The molecule has 2 aromatic carbocycles. The molecule has 0 aromatic heterocycles. The summed E-state index contributed by atoms with van der Waals surface area (Å²) in [5, 5.41) is 10.1. The predicted molar refractivity (Wildman–Crippen MR) is 116 cm³/mol. The third-order valence-corrected chi connectivity index (χ3v) is 6.61. The molecule has 0 bridgehead atoms. The fraction of sp³-hybridized carbons (Fsp3) is 0.263. The second-order valence-corrected chi connectivity index (χ2v) is 9.38. The number of carbonyl (C=O) groups excluding carboxylic acids is 2. The van der Waals surface area contributed by atoms with Crippen molar-refractivity contribution in [1.82, 2.24) is 0 Å². The lowest BCUT2D eigenvalue weighted by Gasteiger charge is -2.27. The highest BCUT2D eigenvalue weighted by molar-refractivity contribution is 8.00. The lowest BCUT2D eigenvalue weighted by Crippen LogP contribution is -2.54. The Labute approximate surface area is 204 Å². The Balaban J connectivity index is 2.17. The molecule has 2 N–H and O–H groups in total. The lowest BCUT2D eigenvalue weighted by atomic mass is 10.3. The number of hydrogen-bond donors (Lipinski definition) is 2. The molecular weight excluding hydrogens is 547 g/mol. The van der Waals surface area contributed by atoms with Crippen molar-refractivity contribution in [2.24, 2.45) is 0 Å². The third-order valence-electron chi connectivity index (χ3n) is 4.14. The van der Waals surface area contributed by atoms with Crippen molar-refractivity contribution in [3.05, 3.63) is 52.6 Å². The number of anilines is 2. The van der Waals surface area contributed by atoms with Crippen LogP contribution in [0.1, 0.15) is 6.92 Å². The summed E-state index contributed by atoms with van der Waals surface area (Å²) in [6.45, 7) is 1.29. The highest BCUT2D eigenvalue weighted by Crippen LogP contribution is 2.49. The van der Waals surface area contributed by atoms with Gasteiger partial charge in [0.05, 0.1) is 20.5 Å². The standard InChI is InChI=1S/C19H14F7N3O5S2/c1-10(30)27-11-2-4-12(5-3-11)28-16(31)9-35-15-7-6-13(8-14(15)29(32)33)36(34)19(25,26)17(20,21)18(22,23)24/h2-8H,9H2,1H3,(H,27,30)(H,28,31). The Kier molecular flexibility index (Phi) is 8.72. The monoisotopic (exact) mass is 561 g/mol. The first-order chi connectivity index (χ1) is 16.5. The van der Waals surface area contributed by atoms with Gasteiger partial charge in [0.15, 0.2) is 0 Å². The molecule has 1 atom stereocenters. The van der Waals surface area contributed by atoms with Crippen LogP contribution in [-0.2, 0) is 20.4 Å². The highest BCUT2D eigenvalue weighted by Gasteiger charge is 2.76. The minimum absolute atomic E-state index is 0.178. The molecule has 1 unspecified atom stereocenters. The van der Waals surface area contributed by atoms with Gasteiger partial charge in [0.2, 0.25) is 11.8 Å². The summed E-state index contributed by atoms with van der Waals surface area (Å²) >= 11 is 0.527. The van der Waals surface area contributed by atoms with E-state index >= 15 is 0 Å². The minimum atomic E-state index is -6.73. The molecule has 0 radical (unpaired) electrons. The van der Waals surface area contributed by atoms with Crippen LogP contribution in [0.25, 0.3) is 0 Å². The van der Waals surface area contributed by atoms with Crippen LogP contribution in [0.4, 0.5) is 47.8 Å². The fourth-order valence-electron chi connectivity index (χ4n) is 2.49. The molecule has 0 saturated heterocycles. The van der Waals surface area contributed by atoms with Crippen molar-refractivity contribution in [2.75, 3.05) is 16.4 Å². The van der Waals surface area contributed by atoms with Gasteiger partial charge in [-0.2, -0.15) is 30.7 Å². The van der Waals surface area contributed by atoms with Crippen LogP contribution in [0.15, 0.2) is 52.3 Å². The van der Waals surface area contributed by atoms with Crippen LogP contribution in [0.5, 0.6) is 0 Å². The van der Waals surface area contributed by atoms with Crippen LogP contribution >= 0.6 is 11.8 Å². The van der Waals surface area contributed by atoms with Gasteiger partial charge >= 0.3 is 17.4 Å². The number of halogens is 7. The number of nitrogens with one attached hydrogen (secondary N) is 2. The molecule has 2 amide bonds. The van der Waals surface area contributed by atoms with Gasteiger partial charge in [-0.05, 0) is 36.4 Å². The van der Waals surface area contributed by atoms with E-state index in [1.54, 1.807) is 0 Å². The number of hydrogen-bond acceptors (Lipinski definition) is 6. The zero-order valence-electron chi connectivity index (χ0n) is 17.7. The van der Waals surface area contributed by atoms with Gasteiger partial charge in [-0.25, -0.2) is 4.21 Å². The smallest absolute Gasteiger partial charge is 0.326 e. The predicted octanol–water partition coefficient (Wildman–Crippen LogP) is 5.18. The molecule has 8 nitrogen and oxygen atoms in total. The number of nitrogens with zero attached hydrogens (tertiary/aromatic N) is 1. The first-order valence-electron chi connectivity index (χ1n) is 9.30. The normalized spacial score (nSPS) is 13.1. The summed E-state index contributed by atoms with van der Waals surface area (Å²) in [5.41, 5.74) is -0.297. The maximum Gasteiger partial charge on any atom is 0.461 e. The first kappa shape index (κ1) is 29.0. The van der Waals surface area contributed by atoms with Crippen molar-refractivity contribution >= 4 is 51.4 Å². The van der Waals surface area contributed by atoms with E-state index < -0.39 is 55.3 Å². The number of benzene rings is 2. The average Bonchev–Trinajstić information content (AvgIpc) is 2.77. The largest absolute Gasteiger partial charge is 0.461 e. The van der Waals surface area contributed by atoms with E-state index in [0.29, 0.717) is 35.3 Å². The molecule has 0 aliphatic carbocycles. The van der Waals surface area contributed by atoms with Crippen LogP contribution in [0, 0.1) is 10.1 Å². The number of rotatable bonds is 9. The molecule has 0 saturated carbocycles. The van der Waals surface area contributed by atoms with Crippen LogP contribution in [0.3, 0.4) is 0 Å². The average molecular weight is 561 g/mol. The minimum Gasteiger partial charge on any atom is -0.326 e. The van der Waals surface area contributed by atoms with Crippen molar-refractivity contribution in [1.29, 1.82) is 0 Å². The van der Waals surface area contributed by atoms with E-state index in [2.05, 4.69) is 10.6 Å². The molecule has 0 heterocycles. The Bertz CT molecular complexity index is 1190. The molecule has 36 heavy (non-hydrogen) atoms. The highest BCUT2D eigenvalue weighted by atomic mass is 32.2. The molecule has 196 valence electrons. The third kappa shape index (κ3) is 6.51.